The Bertz CT molecular complexity index is 1000. The molecule has 0 aromatic heterocycles. The number of rotatable bonds is 5. The van der Waals surface area contributed by atoms with Gasteiger partial charge in [-0.3, -0.25) is 4.99 Å². The van der Waals surface area contributed by atoms with E-state index in [4.69, 9.17) is 4.74 Å². The van der Waals surface area contributed by atoms with E-state index in [-0.39, 0.29) is 41.5 Å². The highest BCUT2D eigenvalue weighted by Gasteiger charge is 2.28. The molecule has 1 unspecified atom stereocenters. The topological polar surface area (TPSA) is 79.8 Å². The fourth-order valence-corrected chi connectivity index (χ4v) is 5.21. The number of benzene rings is 2. The summed E-state index contributed by atoms with van der Waals surface area (Å²) >= 11 is 0. The average Bonchev–Trinajstić information content (AvgIpc) is 2.98. The number of halogens is 1. The molecule has 30 heavy (non-hydrogen) atoms. The van der Waals surface area contributed by atoms with E-state index in [9.17, 15) is 8.42 Å². The smallest absolute Gasteiger partial charge is 0.191 e. The lowest BCUT2D eigenvalue weighted by atomic mass is 10.1. The minimum absolute atomic E-state index is 0. The van der Waals surface area contributed by atoms with Crippen LogP contribution in [-0.2, 0) is 16.4 Å². The van der Waals surface area contributed by atoms with E-state index in [1.54, 1.807) is 7.05 Å². The van der Waals surface area contributed by atoms with Gasteiger partial charge in [0.1, 0.15) is 11.5 Å². The molecule has 1 saturated heterocycles. The third kappa shape index (κ3) is 6.87. The molecule has 1 aliphatic rings. The van der Waals surface area contributed by atoms with Crippen molar-refractivity contribution in [3.63, 3.8) is 0 Å². The molecule has 6 nitrogen and oxygen atoms in total. The molecule has 0 radical (unpaired) electrons. The second kappa shape index (κ2) is 10.5. The standard InChI is InChI=1S/C22H29N3O3S.HI/c1-15-9-16(2)11-20(10-15)28-21-6-5-18(12-17(21)3)13-24-22(23-4)25-19-7-8-29(26,27)14-19;/h5-6,9-12,19H,7-8,13-14H2,1-4H3,(H2,23,24,25);1H. The van der Waals surface area contributed by atoms with Crippen molar-refractivity contribution >= 4 is 39.8 Å². The molecule has 0 saturated carbocycles. The number of guanidine groups is 1. The van der Waals surface area contributed by atoms with Gasteiger partial charge in [0.2, 0.25) is 0 Å². The predicted molar refractivity (Wildman–Crippen MR) is 133 cm³/mol. The van der Waals surface area contributed by atoms with Gasteiger partial charge in [-0.25, -0.2) is 8.42 Å². The van der Waals surface area contributed by atoms with Crippen LogP contribution in [0.2, 0.25) is 0 Å². The molecule has 0 aliphatic carbocycles. The van der Waals surface area contributed by atoms with Crippen LogP contribution in [0.25, 0.3) is 0 Å². The van der Waals surface area contributed by atoms with Gasteiger partial charge in [-0.1, -0.05) is 18.2 Å². The first-order valence-electron chi connectivity index (χ1n) is 9.77. The summed E-state index contributed by atoms with van der Waals surface area (Å²) in [5.74, 6) is 2.69. The highest BCUT2D eigenvalue weighted by molar-refractivity contribution is 14.0. The molecule has 2 aromatic rings. The van der Waals surface area contributed by atoms with Crippen LogP contribution < -0.4 is 15.4 Å². The Morgan fingerprint density at radius 3 is 2.40 bits per heavy atom. The first-order chi connectivity index (χ1) is 13.7. The molecule has 2 N–H and O–H groups in total. The third-order valence-corrected chi connectivity index (χ3v) is 6.69. The lowest BCUT2D eigenvalue weighted by Crippen LogP contribution is -2.43. The fraction of sp³-hybridized carbons (Fsp3) is 0.409. The molecule has 8 heteroatoms. The monoisotopic (exact) mass is 543 g/mol. The van der Waals surface area contributed by atoms with E-state index in [1.807, 2.05) is 31.2 Å². The quantitative estimate of drug-likeness (QED) is 0.340. The summed E-state index contributed by atoms with van der Waals surface area (Å²) in [5.41, 5.74) is 4.49. The van der Waals surface area contributed by atoms with Crippen LogP contribution in [0.3, 0.4) is 0 Å². The van der Waals surface area contributed by atoms with E-state index in [0.717, 1.165) is 22.6 Å². The summed E-state index contributed by atoms with van der Waals surface area (Å²) in [7, 11) is -1.23. The van der Waals surface area contributed by atoms with Crippen LogP contribution in [0, 0.1) is 20.8 Å². The van der Waals surface area contributed by atoms with Gasteiger partial charge >= 0.3 is 0 Å². The van der Waals surface area contributed by atoms with E-state index in [0.29, 0.717) is 18.9 Å². The Kier molecular flexibility index (Phi) is 8.54. The van der Waals surface area contributed by atoms with Crippen LogP contribution in [0.15, 0.2) is 41.4 Å². The maximum Gasteiger partial charge on any atom is 0.191 e. The molecular weight excluding hydrogens is 513 g/mol. The van der Waals surface area contributed by atoms with Crippen LogP contribution in [0.5, 0.6) is 11.5 Å². The van der Waals surface area contributed by atoms with Crippen LogP contribution in [0.4, 0.5) is 0 Å². The first-order valence-corrected chi connectivity index (χ1v) is 11.6. The van der Waals surface area contributed by atoms with E-state index in [1.165, 1.54) is 11.1 Å². The van der Waals surface area contributed by atoms with Gasteiger partial charge in [0.15, 0.2) is 15.8 Å². The number of ether oxygens (including phenoxy) is 1. The Balaban J connectivity index is 0.00000320. The van der Waals surface area contributed by atoms with Crippen LogP contribution >= 0.6 is 24.0 Å². The van der Waals surface area contributed by atoms with Gasteiger partial charge in [0.25, 0.3) is 0 Å². The molecule has 0 amide bonds. The molecule has 3 rings (SSSR count). The molecule has 1 atom stereocenters. The summed E-state index contributed by atoms with van der Waals surface area (Å²) in [6, 6.07) is 12.2. The summed E-state index contributed by atoms with van der Waals surface area (Å²) in [6.45, 7) is 6.73. The van der Waals surface area contributed by atoms with Gasteiger partial charge in [-0.2, -0.15) is 0 Å². The lowest BCUT2D eigenvalue weighted by Gasteiger charge is -2.17. The van der Waals surface area contributed by atoms with Crippen molar-refractivity contribution in [2.24, 2.45) is 4.99 Å². The minimum atomic E-state index is -2.92. The molecule has 164 valence electrons. The second-order valence-corrected chi connectivity index (χ2v) is 9.92. The zero-order chi connectivity index (χ0) is 21.0. The Morgan fingerprint density at radius 2 is 1.83 bits per heavy atom. The zero-order valence-electron chi connectivity index (χ0n) is 17.9. The Hall–Kier alpha value is -1.81. The van der Waals surface area contributed by atoms with E-state index < -0.39 is 9.84 Å². The third-order valence-electron chi connectivity index (χ3n) is 4.92. The largest absolute Gasteiger partial charge is 0.457 e. The molecule has 1 fully saturated rings. The van der Waals surface area contributed by atoms with Crippen molar-refractivity contribution in [1.82, 2.24) is 10.6 Å². The van der Waals surface area contributed by atoms with Gasteiger partial charge in [-0.05, 0) is 67.6 Å². The zero-order valence-corrected chi connectivity index (χ0v) is 21.0. The predicted octanol–water partition coefficient (Wildman–Crippen LogP) is 3.87. The highest BCUT2D eigenvalue weighted by Crippen LogP contribution is 2.27. The van der Waals surface area contributed by atoms with E-state index in [2.05, 4.69) is 41.6 Å². The molecule has 1 aliphatic heterocycles. The average molecular weight is 543 g/mol. The fourth-order valence-electron chi connectivity index (χ4n) is 3.54. The van der Waals surface area contributed by atoms with Crippen molar-refractivity contribution in [3.05, 3.63) is 58.7 Å². The van der Waals surface area contributed by atoms with Gasteiger partial charge in [-0.15, -0.1) is 24.0 Å². The number of aliphatic imine (C=N–C) groups is 1. The minimum Gasteiger partial charge on any atom is -0.457 e. The van der Waals surface area contributed by atoms with Crippen LogP contribution in [-0.4, -0.2) is 39.0 Å². The molecule has 0 bridgehead atoms. The maximum absolute atomic E-state index is 11.6. The maximum atomic E-state index is 11.6. The summed E-state index contributed by atoms with van der Waals surface area (Å²) in [5, 5.41) is 6.45. The number of nitrogens with zero attached hydrogens (tertiary/aromatic N) is 1. The number of hydrogen-bond acceptors (Lipinski definition) is 4. The highest BCUT2D eigenvalue weighted by atomic mass is 127. The Morgan fingerprint density at radius 1 is 1.13 bits per heavy atom. The van der Waals surface area contributed by atoms with Crippen molar-refractivity contribution < 1.29 is 13.2 Å². The SMILES string of the molecule is CN=C(NCc1ccc(Oc2cc(C)cc(C)c2)c(C)c1)NC1CCS(=O)(=O)C1.I. The van der Waals surface area contributed by atoms with Crippen molar-refractivity contribution in [1.29, 1.82) is 0 Å². The van der Waals surface area contributed by atoms with Gasteiger partial charge < -0.3 is 15.4 Å². The molecule has 1 heterocycles. The summed E-state index contributed by atoms with van der Waals surface area (Å²) in [4.78, 5) is 4.20. The van der Waals surface area contributed by atoms with Crippen molar-refractivity contribution in [2.45, 2.75) is 39.8 Å². The lowest BCUT2D eigenvalue weighted by molar-refractivity contribution is 0.478. The van der Waals surface area contributed by atoms with Crippen molar-refractivity contribution in [2.75, 3.05) is 18.6 Å². The van der Waals surface area contributed by atoms with Crippen molar-refractivity contribution in [3.8, 4) is 11.5 Å². The number of hydrogen-bond donors (Lipinski definition) is 2. The molecule has 0 spiro atoms. The molecular formula is C22H30IN3O3S. The second-order valence-electron chi connectivity index (χ2n) is 7.70. The van der Waals surface area contributed by atoms with Crippen LogP contribution in [0.1, 0.15) is 28.7 Å². The molecule has 2 aromatic carbocycles. The van der Waals surface area contributed by atoms with E-state index >= 15 is 0 Å². The summed E-state index contributed by atoms with van der Waals surface area (Å²) in [6.07, 6.45) is 0.618. The Labute approximate surface area is 196 Å². The van der Waals surface area contributed by atoms with Gasteiger partial charge in [0.05, 0.1) is 11.5 Å². The summed E-state index contributed by atoms with van der Waals surface area (Å²) < 4.78 is 29.3. The first kappa shape index (κ1) is 24.5. The number of sulfone groups is 1. The van der Waals surface area contributed by atoms with Gasteiger partial charge in [0, 0.05) is 19.6 Å². The number of aryl methyl sites for hydroxylation is 3. The number of nitrogens with one attached hydrogen (secondary N) is 2. The normalized spacial score (nSPS) is 17.9.